The molecule has 3 aromatic rings. The van der Waals surface area contributed by atoms with Gasteiger partial charge in [-0.25, -0.2) is 20.5 Å². The van der Waals surface area contributed by atoms with Gasteiger partial charge >= 0.3 is 12.1 Å². The molecule has 0 saturated heterocycles. The maximum Gasteiger partial charge on any atom is 0.343 e. The molecule has 0 aliphatic heterocycles. The number of halogens is 2. The van der Waals surface area contributed by atoms with Gasteiger partial charge in [0.15, 0.2) is 0 Å². The van der Waals surface area contributed by atoms with Gasteiger partial charge in [0.2, 0.25) is 0 Å². The van der Waals surface area contributed by atoms with Crippen molar-refractivity contribution < 1.29 is 19.3 Å². The fraction of sp³-hybridized carbons (Fsp3) is 0.0909. The molecule has 0 fully saturated rings. The molecule has 32 heavy (non-hydrogen) atoms. The van der Waals surface area contributed by atoms with E-state index >= 15 is 0 Å². The van der Waals surface area contributed by atoms with Crippen molar-refractivity contribution in [3.8, 4) is 0 Å². The van der Waals surface area contributed by atoms with Crippen LogP contribution in [0.25, 0.3) is 0 Å². The first-order chi connectivity index (χ1) is 15.5. The van der Waals surface area contributed by atoms with Crippen molar-refractivity contribution in [2.45, 2.75) is 13.2 Å². The molecule has 0 aromatic heterocycles. The van der Waals surface area contributed by atoms with Gasteiger partial charge in [-0.3, -0.25) is 9.68 Å². The van der Waals surface area contributed by atoms with E-state index < -0.39 is 12.1 Å². The minimum absolute atomic E-state index is 0.172. The number of carbonyl (C=O) groups excluding carboxylic acids is 2. The summed E-state index contributed by atoms with van der Waals surface area (Å²) >= 11 is 11.8. The van der Waals surface area contributed by atoms with Crippen LogP contribution in [0.4, 0.5) is 21.0 Å². The van der Waals surface area contributed by atoms with Crippen molar-refractivity contribution in [1.29, 1.82) is 0 Å². The molecule has 0 radical (unpaired) electrons. The van der Waals surface area contributed by atoms with Crippen molar-refractivity contribution in [2.75, 3.05) is 10.6 Å². The second-order valence-corrected chi connectivity index (χ2v) is 7.40. The number of nitrogens with one attached hydrogen (secondary N) is 4. The van der Waals surface area contributed by atoms with Crippen LogP contribution in [0, 0.1) is 0 Å². The van der Waals surface area contributed by atoms with Crippen molar-refractivity contribution in [1.82, 2.24) is 11.0 Å². The summed E-state index contributed by atoms with van der Waals surface area (Å²) in [5.41, 5.74) is 7.24. The molecule has 0 unspecified atom stereocenters. The Morgan fingerprint density at radius 2 is 1.06 bits per heavy atom. The summed E-state index contributed by atoms with van der Waals surface area (Å²) in [6, 6.07) is 19.6. The first-order valence-corrected chi connectivity index (χ1v) is 10.2. The fourth-order valence-electron chi connectivity index (χ4n) is 2.57. The quantitative estimate of drug-likeness (QED) is 0.323. The molecule has 3 aromatic carbocycles. The minimum Gasteiger partial charge on any atom is -0.306 e. The molecular weight excluding hydrogens is 455 g/mol. The third-order valence-corrected chi connectivity index (χ3v) is 4.46. The van der Waals surface area contributed by atoms with E-state index in [2.05, 4.69) is 21.6 Å². The van der Waals surface area contributed by atoms with Crippen LogP contribution in [-0.4, -0.2) is 12.1 Å². The minimum atomic E-state index is -0.542. The highest BCUT2D eigenvalue weighted by Crippen LogP contribution is 2.14. The molecule has 0 saturated carbocycles. The van der Waals surface area contributed by atoms with E-state index in [-0.39, 0.29) is 13.2 Å². The third kappa shape index (κ3) is 8.09. The third-order valence-electron chi connectivity index (χ3n) is 3.99. The van der Waals surface area contributed by atoms with E-state index in [9.17, 15) is 9.59 Å². The van der Waals surface area contributed by atoms with E-state index in [1.807, 2.05) is 12.1 Å². The largest absolute Gasteiger partial charge is 0.343 e. The normalized spacial score (nSPS) is 10.3. The van der Waals surface area contributed by atoms with Crippen molar-refractivity contribution >= 4 is 46.6 Å². The van der Waals surface area contributed by atoms with Crippen LogP contribution in [0.2, 0.25) is 10.0 Å². The first kappa shape index (κ1) is 23.4. The first-order valence-electron chi connectivity index (χ1n) is 9.44. The number of hydroxylamine groups is 2. The van der Waals surface area contributed by atoms with Crippen LogP contribution >= 0.6 is 23.2 Å². The lowest BCUT2D eigenvalue weighted by Crippen LogP contribution is -2.29. The maximum atomic E-state index is 11.9. The molecule has 0 heterocycles. The molecule has 0 aliphatic carbocycles. The van der Waals surface area contributed by atoms with Crippen LogP contribution in [0.3, 0.4) is 0 Å². The number of urea groups is 2. The fourth-order valence-corrected chi connectivity index (χ4v) is 3.00. The number of hydrogen-bond donors (Lipinski definition) is 4. The summed E-state index contributed by atoms with van der Waals surface area (Å²) in [5.74, 6) is 0. The lowest BCUT2D eigenvalue weighted by atomic mass is 10.2. The van der Waals surface area contributed by atoms with Gasteiger partial charge in [-0.15, -0.1) is 0 Å². The SMILES string of the molecule is O=C(NOCc1cccc(Cl)c1)Nc1ccc(NC(=O)NOCc2cccc(Cl)c2)cc1. The van der Waals surface area contributed by atoms with Crippen LogP contribution in [0.1, 0.15) is 11.1 Å². The Bertz CT molecular complexity index is 979. The standard InChI is InChI=1S/C22H20Cl2N4O4/c23-17-5-1-3-15(11-17)13-31-27-21(29)25-19-7-9-20(10-8-19)26-22(30)28-32-14-16-4-2-6-18(24)12-16/h1-12H,13-14H2,(H2,25,27,29)(H2,26,28,30). The van der Waals surface area contributed by atoms with E-state index in [1.54, 1.807) is 60.7 Å². The van der Waals surface area contributed by atoms with Gasteiger partial charge in [-0.2, -0.15) is 0 Å². The monoisotopic (exact) mass is 474 g/mol. The van der Waals surface area contributed by atoms with E-state index in [0.717, 1.165) is 11.1 Å². The Morgan fingerprint density at radius 3 is 1.44 bits per heavy atom. The van der Waals surface area contributed by atoms with Crippen LogP contribution in [0.5, 0.6) is 0 Å². The predicted molar refractivity (Wildman–Crippen MR) is 123 cm³/mol. The molecule has 0 bridgehead atoms. The predicted octanol–water partition coefficient (Wildman–Crippen LogP) is 5.50. The molecule has 0 spiro atoms. The van der Waals surface area contributed by atoms with Gasteiger partial charge < -0.3 is 10.6 Å². The highest BCUT2D eigenvalue weighted by molar-refractivity contribution is 6.30. The number of hydrogen-bond acceptors (Lipinski definition) is 4. The smallest absolute Gasteiger partial charge is 0.306 e. The molecular formula is C22H20Cl2N4O4. The summed E-state index contributed by atoms with van der Waals surface area (Å²) in [6.45, 7) is 0.344. The van der Waals surface area contributed by atoms with Gasteiger partial charge in [-0.05, 0) is 59.7 Å². The molecule has 166 valence electrons. The van der Waals surface area contributed by atoms with Gasteiger partial charge in [0, 0.05) is 21.4 Å². The molecule has 8 nitrogen and oxygen atoms in total. The number of amides is 4. The Labute approximate surface area is 194 Å². The lowest BCUT2D eigenvalue weighted by Gasteiger charge is -2.10. The molecule has 10 heteroatoms. The van der Waals surface area contributed by atoms with Crippen LogP contribution in [-0.2, 0) is 22.9 Å². The van der Waals surface area contributed by atoms with Gasteiger partial charge in [0.1, 0.15) is 0 Å². The van der Waals surface area contributed by atoms with E-state index in [1.165, 1.54) is 0 Å². The molecule has 3 rings (SSSR count). The van der Waals surface area contributed by atoms with Crippen molar-refractivity contribution in [2.24, 2.45) is 0 Å². The Morgan fingerprint density at radius 1 is 0.656 bits per heavy atom. The highest BCUT2D eigenvalue weighted by atomic mass is 35.5. The van der Waals surface area contributed by atoms with Gasteiger partial charge in [-0.1, -0.05) is 47.5 Å². The van der Waals surface area contributed by atoms with E-state index in [4.69, 9.17) is 32.9 Å². The number of rotatable bonds is 8. The number of carbonyl (C=O) groups is 2. The Kier molecular flexibility index (Phi) is 8.70. The van der Waals surface area contributed by atoms with Crippen molar-refractivity contribution in [3.05, 3.63) is 94.0 Å². The van der Waals surface area contributed by atoms with Crippen LogP contribution < -0.4 is 21.6 Å². The summed E-state index contributed by atoms with van der Waals surface area (Å²) in [4.78, 5) is 34.1. The average molecular weight is 475 g/mol. The topological polar surface area (TPSA) is 101 Å². The number of anilines is 2. The second kappa shape index (κ2) is 11.9. The Balaban J connectivity index is 1.36. The maximum absolute atomic E-state index is 11.9. The summed E-state index contributed by atoms with van der Waals surface area (Å²) in [5, 5.41) is 6.40. The van der Waals surface area contributed by atoms with Crippen LogP contribution in [0.15, 0.2) is 72.8 Å². The molecule has 4 amide bonds. The lowest BCUT2D eigenvalue weighted by molar-refractivity contribution is 0.0535. The second-order valence-electron chi connectivity index (χ2n) is 6.53. The molecule has 4 N–H and O–H groups in total. The molecule has 0 atom stereocenters. The summed E-state index contributed by atoms with van der Waals surface area (Å²) in [6.07, 6.45) is 0. The zero-order chi connectivity index (χ0) is 22.8. The summed E-state index contributed by atoms with van der Waals surface area (Å²) in [7, 11) is 0. The number of benzene rings is 3. The average Bonchev–Trinajstić information content (AvgIpc) is 2.75. The van der Waals surface area contributed by atoms with Crippen molar-refractivity contribution in [3.63, 3.8) is 0 Å². The summed E-state index contributed by atoms with van der Waals surface area (Å²) < 4.78 is 0. The van der Waals surface area contributed by atoms with Gasteiger partial charge in [0.25, 0.3) is 0 Å². The van der Waals surface area contributed by atoms with Gasteiger partial charge in [0.05, 0.1) is 13.2 Å². The highest BCUT2D eigenvalue weighted by Gasteiger charge is 2.05. The zero-order valence-electron chi connectivity index (χ0n) is 16.7. The zero-order valence-corrected chi connectivity index (χ0v) is 18.2. The Hall–Kier alpha value is -3.30. The molecule has 0 aliphatic rings. The van der Waals surface area contributed by atoms with E-state index in [0.29, 0.717) is 21.4 Å².